The zero-order chi connectivity index (χ0) is 9.56. The van der Waals surface area contributed by atoms with Crippen LogP contribution in [0.15, 0.2) is 0 Å². The summed E-state index contributed by atoms with van der Waals surface area (Å²) < 4.78 is 0. The van der Waals surface area contributed by atoms with Gasteiger partial charge in [0.1, 0.15) is 0 Å². The van der Waals surface area contributed by atoms with Crippen molar-refractivity contribution in [3.8, 4) is 0 Å². The van der Waals surface area contributed by atoms with Gasteiger partial charge in [0.2, 0.25) is 11.8 Å². The first-order chi connectivity index (χ1) is 5.57. The molecule has 0 aromatic carbocycles. The quantitative estimate of drug-likeness (QED) is 0.351. The zero-order valence-corrected chi connectivity index (χ0v) is 6.62. The van der Waals surface area contributed by atoms with Crippen LogP contribution in [0.25, 0.3) is 0 Å². The fraction of sp³-hybridized carbons (Fsp3) is 0.667. The van der Waals surface area contributed by atoms with Crippen molar-refractivity contribution in [1.29, 1.82) is 0 Å². The minimum atomic E-state index is -0.692. The summed E-state index contributed by atoms with van der Waals surface area (Å²) in [7, 11) is 0. The summed E-state index contributed by atoms with van der Waals surface area (Å²) >= 11 is 0. The summed E-state index contributed by atoms with van der Waals surface area (Å²) in [4.78, 5) is 20.9. The van der Waals surface area contributed by atoms with Gasteiger partial charge >= 0.3 is 0 Å². The number of nitrogens with two attached hydrogens (primary N) is 2. The Labute approximate surface area is 69.9 Å². The minimum Gasteiger partial charge on any atom is -0.396 e. The van der Waals surface area contributed by atoms with Crippen molar-refractivity contribution in [1.82, 2.24) is 5.32 Å². The molecular formula is C6H13N3O3. The summed E-state index contributed by atoms with van der Waals surface area (Å²) in [6, 6.07) is -0.692. The van der Waals surface area contributed by atoms with Crippen molar-refractivity contribution in [2.75, 3.05) is 13.2 Å². The third-order valence-corrected chi connectivity index (χ3v) is 1.28. The van der Waals surface area contributed by atoms with Crippen LogP contribution in [-0.2, 0) is 9.59 Å². The highest BCUT2D eigenvalue weighted by molar-refractivity contribution is 5.81. The highest BCUT2D eigenvalue weighted by Gasteiger charge is 2.13. The van der Waals surface area contributed by atoms with Crippen LogP contribution >= 0.6 is 0 Å². The second-order valence-electron chi connectivity index (χ2n) is 2.31. The maximum Gasteiger partial charge on any atom is 0.234 e. The number of aliphatic hydroxyl groups is 1. The Bertz CT molecular complexity index is 171. The number of carbonyl (C=O) groups excluding carboxylic acids is 2. The molecule has 1 atom stereocenters. The minimum absolute atomic E-state index is 0.117. The predicted molar refractivity (Wildman–Crippen MR) is 41.9 cm³/mol. The number of amides is 2. The van der Waals surface area contributed by atoms with Gasteiger partial charge in [-0.15, -0.1) is 0 Å². The van der Waals surface area contributed by atoms with Crippen LogP contribution in [0.4, 0.5) is 0 Å². The molecule has 0 aliphatic rings. The van der Waals surface area contributed by atoms with Gasteiger partial charge in [-0.05, 0) is 6.42 Å². The van der Waals surface area contributed by atoms with Gasteiger partial charge in [0, 0.05) is 6.61 Å². The lowest BCUT2D eigenvalue weighted by Gasteiger charge is -2.11. The van der Waals surface area contributed by atoms with E-state index in [0.29, 0.717) is 0 Å². The molecule has 0 spiro atoms. The van der Waals surface area contributed by atoms with Crippen molar-refractivity contribution in [3.05, 3.63) is 0 Å². The Balaban J connectivity index is 3.79. The van der Waals surface area contributed by atoms with E-state index in [9.17, 15) is 9.59 Å². The molecule has 6 N–H and O–H groups in total. The summed E-state index contributed by atoms with van der Waals surface area (Å²) in [5, 5.41) is 11.0. The third-order valence-electron chi connectivity index (χ3n) is 1.28. The number of aliphatic hydroxyl groups excluding tert-OH is 1. The molecule has 12 heavy (non-hydrogen) atoms. The number of rotatable bonds is 6. The van der Waals surface area contributed by atoms with E-state index in [1.165, 1.54) is 0 Å². The van der Waals surface area contributed by atoms with Crippen LogP contribution in [0.2, 0.25) is 0 Å². The highest BCUT2D eigenvalue weighted by Crippen LogP contribution is 1.88. The van der Waals surface area contributed by atoms with Crippen molar-refractivity contribution in [3.63, 3.8) is 0 Å². The molecule has 2 amide bonds. The molecule has 0 aliphatic heterocycles. The summed E-state index contributed by atoms with van der Waals surface area (Å²) in [6.07, 6.45) is 0.183. The fourth-order valence-corrected chi connectivity index (χ4v) is 0.698. The monoisotopic (exact) mass is 175 g/mol. The molecule has 0 rings (SSSR count). The van der Waals surface area contributed by atoms with E-state index in [1.807, 2.05) is 0 Å². The van der Waals surface area contributed by atoms with Crippen LogP contribution in [0.3, 0.4) is 0 Å². The second kappa shape index (κ2) is 5.50. The van der Waals surface area contributed by atoms with Crippen LogP contribution in [0.1, 0.15) is 6.42 Å². The topological polar surface area (TPSA) is 118 Å². The molecule has 0 radical (unpaired) electrons. The first-order valence-corrected chi connectivity index (χ1v) is 3.49. The average Bonchev–Trinajstić information content (AvgIpc) is 1.96. The Hall–Kier alpha value is -1.14. The van der Waals surface area contributed by atoms with Crippen LogP contribution < -0.4 is 16.8 Å². The number of nitrogens with one attached hydrogen (secondary N) is 1. The van der Waals surface area contributed by atoms with Crippen molar-refractivity contribution in [2.45, 2.75) is 12.5 Å². The van der Waals surface area contributed by atoms with Gasteiger partial charge in [-0.3, -0.25) is 14.9 Å². The Morgan fingerprint density at radius 1 is 1.42 bits per heavy atom. The van der Waals surface area contributed by atoms with Crippen LogP contribution in [0, 0.1) is 0 Å². The van der Waals surface area contributed by atoms with Crippen molar-refractivity contribution >= 4 is 11.8 Å². The SMILES string of the molecule is NC(=O)CNC(CCO)C(N)=O. The third kappa shape index (κ3) is 4.64. The molecule has 0 bridgehead atoms. The molecule has 6 nitrogen and oxygen atoms in total. The second-order valence-corrected chi connectivity index (χ2v) is 2.31. The van der Waals surface area contributed by atoms with E-state index in [4.69, 9.17) is 16.6 Å². The van der Waals surface area contributed by atoms with Gasteiger partial charge in [0.05, 0.1) is 12.6 Å². The van der Waals surface area contributed by atoms with E-state index in [2.05, 4.69) is 5.32 Å². The molecule has 70 valence electrons. The Kier molecular flexibility index (Phi) is 4.98. The number of hydrogen-bond acceptors (Lipinski definition) is 4. The van der Waals surface area contributed by atoms with Crippen LogP contribution in [0.5, 0.6) is 0 Å². The molecule has 0 saturated heterocycles. The molecular weight excluding hydrogens is 162 g/mol. The molecule has 0 aliphatic carbocycles. The van der Waals surface area contributed by atoms with E-state index < -0.39 is 17.9 Å². The molecule has 0 aromatic heterocycles. The molecule has 6 heteroatoms. The Morgan fingerprint density at radius 3 is 2.33 bits per heavy atom. The molecule has 0 fully saturated rings. The number of carbonyl (C=O) groups is 2. The molecule has 1 unspecified atom stereocenters. The summed E-state index contributed by atoms with van der Waals surface area (Å²) in [5.41, 5.74) is 9.77. The normalized spacial score (nSPS) is 12.4. The largest absolute Gasteiger partial charge is 0.396 e. The van der Waals surface area contributed by atoms with Crippen molar-refractivity contribution in [2.24, 2.45) is 11.5 Å². The average molecular weight is 175 g/mol. The standard InChI is InChI=1S/C6H13N3O3/c7-5(11)3-9-4(1-2-10)6(8)12/h4,9-10H,1-3H2,(H2,7,11)(H2,8,12). The van der Waals surface area contributed by atoms with Crippen LogP contribution in [-0.4, -0.2) is 36.1 Å². The number of hydrogen-bond donors (Lipinski definition) is 4. The van der Waals surface area contributed by atoms with E-state index >= 15 is 0 Å². The van der Waals surface area contributed by atoms with E-state index in [1.54, 1.807) is 0 Å². The first kappa shape index (κ1) is 10.9. The summed E-state index contributed by atoms with van der Waals surface area (Å²) in [5.74, 6) is -1.18. The molecule has 0 heterocycles. The van der Waals surface area contributed by atoms with Gasteiger partial charge < -0.3 is 16.6 Å². The lowest BCUT2D eigenvalue weighted by atomic mass is 10.2. The van der Waals surface area contributed by atoms with Gasteiger partial charge in [0.15, 0.2) is 0 Å². The van der Waals surface area contributed by atoms with E-state index in [0.717, 1.165) is 0 Å². The van der Waals surface area contributed by atoms with Gasteiger partial charge in [-0.2, -0.15) is 0 Å². The van der Waals surface area contributed by atoms with Gasteiger partial charge in [-0.1, -0.05) is 0 Å². The maximum absolute atomic E-state index is 10.6. The predicted octanol–water partition coefficient (Wildman–Crippen LogP) is -2.70. The first-order valence-electron chi connectivity index (χ1n) is 3.49. The Morgan fingerprint density at radius 2 is 2.00 bits per heavy atom. The summed E-state index contributed by atoms with van der Waals surface area (Å²) in [6.45, 7) is -0.285. The maximum atomic E-state index is 10.6. The zero-order valence-electron chi connectivity index (χ0n) is 6.62. The van der Waals surface area contributed by atoms with Crippen molar-refractivity contribution < 1.29 is 14.7 Å². The smallest absolute Gasteiger partial charge is 0.234 e. The van der Waals surface area contributed by atoms with Gasteiger partial charge in [-0.25, -0.2) is 0 Å². The van der Waals surface area contributed by atoms with E-state index in [-0.39, 0.29) is 19.6 Å². The lowest BCUT2D eigenvalue weighted by Crippen LogP contribution is -2.45. The number of primary amides is 2. The lowest BCUT2D eigenvalue weighted by molar-refractivity contribution is -0.121. The fourth-order valence-electron chi connectivity index (χ4n) is 0.698. The molecule has 0 aromatic rings. The molecule has 0 saturated carbocycles. The van der Waals surface area contributed by atoms with Gasteiger partial charge in [0.25, 0.3) is 0 Å². The highest BCUT2D eigenvalue weighted by atomic mass is 16.3.